The van der Waals surface area contributed by atoms with Crippen LogP contribution in [-0.4, -0.2) is 31.3 Å². The van der Waals surface area contributed by atoms with Crippen LogP contribution >= 0.6 is 0 Å². The lowest BCUT2D eigenvalue weighted by Gasteiger charge is -2.19. The number of hydrogen-bond acceptors (Lipinski definition) is 3. The zero-order chi connectivity index (χ0) is 8.48. The molecule has 0 aromatic rings. The summed E-state index contributed by atoms with van der Waals surface area (Å²) in [6.45, 7) is 2.69. The average Bonchev–Trinajstić information content (AvgIpc) is 1.86. The Morgan fingerprint density at radius 1 is 1.73 bits per heavy atom. The van der Waals surface area contributed by atoms with Crippen molar-refractivity contribution in [2.75, 3.05) is 13.1 Å². The van der Waals surface area contributed by atoms with Gasteiger partial charge in [0.2, 0.25) is 0 Å². The molecule has 5 heteroatoms. The van der Waals surface area contributed by atoms with Gasteiger partial charge in [-0.25, -0.2) is 0 Å². The van der Waals surface area contributed by atoms with Crippen molar-refractivity contribution >= 4 is 10.1 Å². The summed E-state index contributed by atoms with van der Waals surface area (Å²) in [4.78, 5) is 0. The van der Waals surface area contributed by atoms with E-state index in [1.54, 1.807) is 13.0 Å². The standard InChI is InChI=1S/C6H11NO3S/c1-5-2-3-7-4-6(5)11(8,9)10/h2,6-7H,3-4H2,1H3,(H,8,9,10). The largest absolute Gasteiger partial charge is 0.312 e. The van der Waals surface area contributed by atoms with Crippen LogP contribution in [0.5, 0.6) is 0 Å². The van der Waals surface area contributed by atoms with Crippen LogP contribution in [0.2, 0.25) is 0 Å². The molecule has 1 heterocycles. The third-order valence-electron chi connectivity index (χ3n) is 1.77. The third kappa shape index (κ3) is 2.02. The van der Waals surface area contributed by atoms with Crippen LogP contribution in [0.4, 0.5) is 0 Å². The van der Waals surface area contributed by atoms with E-state index < -0.39 is 15.4 Å². The summed E-state index contributed by atoms with van der Waals surface area (Å²) in [6, 6.07) is 0. The van der Waals surface area contributed by atoms with Gasteiger partial charge in [0.1, 0.15) is 5.25 Å². The van der Waals surface area contributed by atoms with Crippen LogP contribution < -0.4 is 5.32 Å². The van der Waals surface area contributed by atoms with Crippen LogP contribution in [-0.2, 0) is 10.1 Å². The Morgan fingerprint density at radius 2 is 2.36 bits per heavy atom. The molecular weight excluding hydrogens is 166 g/mol. The fourth-order valence-corrected chi connectivity index (χ4v) is 1.97. The van der Waals surface area contributed by atoms with E-state index in [0.717, 1.165) is 0 Å². The van der Waals surface area contributed by atoms with E-state index in [2.05, 4.69) is 5.32 Å². The lowest BCUT2D eigenvalue weighted by molar-refractivity contribution is 0.467. The van der Waals surface area contributed by atoms with Crippen molar-refractivity contribution in [1.29, 1.82) is 0 Å². The Bertz CT molecular complexity index is 268. The Morgan fingerprint density at radius 3 is 2.73 bits per heavy atom. The molecule has 0 radical (unpaired) electrons. The quantitative estimate of drug-likeness (QED) is 0.429. The summed E-state index contributed by atoms with van der Waals surface area (Å²) in [7, 11) is -3.91. The maximum absolute atomic E-state index is 10.7. The molecule has 0 aromatic carbocycles. The smallest absolute Gasteiger partial charge is 0.272 e. The molecule has 64 valence electrons. The van der Waals surface area contributed by atoms with Gasteiger partial charge < -0.3 is 5.32 Å². The molecular formula is C6H11NO3S. The van der Waals surface area contributed by atoms with Crippen molar-refractivity contribution < 1.29 is 13.0 Å². The first-order chi connectivity index (χ1) is 5.02. The third-order valence-corrected chi connectivity index (χ3v) is 3.02. The first-order valence-electron chi connectivity index (χ1n) is 3.35. The van der Waals surface area contributed by atoms with E-state index in [0.29, 0.717) is 18.7 Å². The van der Waals surface area contributed by atoms with Crippen LogP contribution in [0, 0.1) is 0 Å². The predicted molar refractivity (Wildman–Crippen MR) is 42.0 cm³/mol. The maximum Gasteiger partial charge on any atom is 0.272 e. The molecule has 1 aliphatic rings. The highest BCUT2D eigenvalue weighted by Gasteiger charge is 2.25. The molecule has 4 nitrogen and oxygen atoms in total. The fraction of sp³-hybridized carbons (Fsp3) is 0.667. The van der Waals surface area contributed by atoms with Gasteiger partial charge in [0.15, 0.2) is 0 Å². The summed E-state index contributed by atoms with van der Waals surface area (Å²) < 4.78 is 30.0. The Hall–Kier alpha value is -0.390. The molecule has 0 aromatic heterocycles. The SMILES string of the molecule is CC1=CCNCC1S(=O)(=O)O. The molecule has 0 saturated heterocycles. The maximum atomic E-state index is 10.7. The number of hydrogen-bond donors (Lipinski definition) is 2. The molecule has 2 N–H and O–H groups in total. The van der Waals surface area contributed by atoms with Crippen molar-refractivity contribution in [3.63, 3.8) is 0 Å². The topological polar surface area (TPSA) is 66.4 Å². The van der Waals surface area contributed by atoms with Gasteiger partial charge in [0.25, 0.3) is 10.1 Å². The van der Waals surface area contributed by atoms with Crippen LogP contribution in [0.15, 0.2) is 11.6 Å². The summed E-state index contributed by atoms with van der Waals surface area (Å²) in [5.41, 5.74) is 0.714. The summed E-state index contributed by atoms with van der Waals surface area (Å²) in [5.74, 6) is 0. The summed E-state index contributed by atoms with van der Waals surface area (Å²) >= 11 is 0. The molecule has 1 atom stereocenters. The molecule has 11 heavy (non-hydrogen) atoms. The molecule has 1 unspecified atom stereocenters. The highest BCUT2D eigenvalue weighted by molar-refractivity contribution is 7.86. The highest BCUT2D eigenvalue weighted by atomic mass is 32.2. The van der Waals surface area contributed by atoms with Crippen molar-refractivity contribution in [3.05, 3.63) is 11.6 Å². The van der Waals surface area contributed by atoms with Crippen molar-refractivity contribution in [3.8, 4) is 0 Å². The van der Waals surface area contributed by atoms with E-state index in [1.807, 2.05) is 0 Å². The molecule has 1 aliphatic heterocycles. The van der Waals surface area contributed by atoms with Gasteiger partial charge in [0, 0.05) is 13.1 Å². The minimum absolute atomic E-state index is 0.307. The molecule has 0 amide bonds. The first kappa shape index (κ1) is 8.70. The normalized spacial score (nSPS) is 26.4. The fourth-order valence-electron chi connectivity index (χ4n) is 1.08. The predicted octanol–water partition coefficient (Wildman–Crippen LogP) is -0.208. The molecule has 0 saturated carbocycles. The zero-order valence-electron chi connectivity index (χ0n) is 6.24. The molecule has 1 rings (SSSR count). The summed E-state index contributed by atoms with van der Waals surface area (Å²) in [5, 5.41) is 2.10. The van der Waals surface area contributed by atoms with Crippen LogP contribution in [0.3, 0.4) is 0 Å². The second-order valence-electron chi connectivity index (χ2n) is 2.61. The molecule has 0 aliphatic carbocycles. The van der Waals surface area contributed by atoms with Gasteiger partial charge in [0.05, 0.1) is 0 Å². The lowest BCUT2D eigenvalue weighted by Crippen LogP contribution is -2.37. The van der Waals surface area contributed by atoms with Gasteiger partial charge in [-0.2, -0.15) is 8.42 Å². The van der Waals surface area contributed by atoms with E-state index in [9.17, 15) is 8.42 Å². The lowest BCUT2D eigenvalue weighted by atomic mass is 10.1. The average molecular weight is 177 g/mol. The number of nitrogens with one attached hydrogen (secondary N) is 1. The van der Waals surface area contributed by atoms with Gasteiger partial charge in [-0.1, -0.05) is 11.6 Å². The molecule has 0 fully saturated rings. The second-order valence-corrected chi connectivity index (χ2v) is 4.21. The van der Waals surface area contributed by atoms with Crippen molar-refractivity contribution in [2.24, 2.45) is 0 Å². The summed E-state index contributed by atoms with van der Waals surface area (Å²) in [6.07, 6.45) is 1.77. The van der Waals surface area contributed by atoms with Crippen molar-refractivity contribution in [1.82, 2.24) is 5.32 Å². The first-order valence-corrected chi connectivity index (χ1v) is 4.86. The minimum atomic E-state index is -3.91. The van der Waals surface area contributed by atoms with E-state index in [4.69, 9.17) is 4.55 Å². The number of rotatable bonds is 1. The van der Waals surface area contributed by atoms with Gasteiger partial charge >= 0.3 is 0 Å². The Balaban J connectivity index is 2.89. The molecule has 0 spiro atoms. The minimum Gasteiger partial charge on any atom is -0.312 e. The highest BCUT2D eigenvalue weighted by Crippen LogP contribution is 2.11. The van der Waals surface area contributed by atoms with Gasteiger partial charge in [-0.3, -0.25) is 4.55 Å². The van der Waals surface area contributed by atoms with E-state index in [-0.39, 0.29) is 0 Å². The monoisotopic (exact) mass is 177 g/mol. The second kappa shape index (κ2) is 2.92. The Labute approximate surface area is 66.0 Å². The van der Waals surface area contributed by atoms with E-state index in [1.165, 1.54) is 0 Å². The molecule has 0 bridgehead atoms. The van der Waals surface area contributed by atoms with Crippen LogP contribution in [0.1, 0.15) is 6.92 Å². The van der Waals surface area contributed by atoms with Gasteiger partial charge in [-0.15, -0.1) is 0 Å². The Kier molecular flexibility index (Phi) is 2.31. The van der Waals surface area contributed by atoms with Crippen molar-refractivity contribution in [2.45, 2.75) is 12.2 Å². The zero-order valence-corrected chi connectivity index (χ0v) is 7.06. The van der Waals surface area contributed by atoms with Crippen LogP contribution in [0.25, 0.3) is 0 Å². The van der Waals surface area contributed by atoms with Gasteiger partial charge in [-0.05, 0) is 6.92 Å². The van der Waals surface area contributed by atoms with E-state index >= 15 is 0 Å².